The van der Waals surface area contributed by atoms with Crippen LogP contribution >= 0.6 is 15.9 Å². The Morgan fingerprint density at radius 3 is 2.58 bits per heavy atom. The molecule has 0 saturated carbocycles. The maximum atomic E-state index is 13.1. The van der Waals surface area contributed by atoms with E-state index < -0.39 is 15.9 Å². The van der Waals surface area contributed by atoms with Gasteiger partial charge >= 0.3 is 0 Å². The van der Waals surface area contributed by atoms with Crippen LogP contribution in [-0.4, -0.2) is 31.2 Å². The van der Waals surface area contributed by atoms with E-state index in [1.807, 2.05) is 26.8 Å². The number of sulfonamides is 1. The van der Waals surface area contributed by atoms with Gasteiger partial charge in [-0.2, -0.15) is 10.4 Å². The third-order valence-corrected chi connectivity index (χ3v) is 7.08. The van der Waals surface area contributed by atoms with Crippen LogP contribution in [0.4, 0.5) is 0 Å². The van der Waals surface area contributed by atoms with Crippen molar-refractivity contribution in [3.05, 3.63) is 75.5 Å². The highest BCUT2D eigenvalue weighted by Crippen LogP contribution is 2.31. The summed E-state index contributed by atoms with van der Waals surface area (Å²) < 4.78 is 35.7. The molecule has 0 saturated heterocycles. The molecule has 2 aromatic carbocycles. The van der Waals surface area contributed by atoms with Crippen molar-refractivity contribution < 1.29 is 17.9 Å². The largest absolute Gasteiger partial charge is 0.495 e. The smallest absolute Gasteiger partial charge is 0.268 e. The Hall–Kier alpha value is -3.16. The molecular weight excluding hydrogens is 508 g/mol. The van der Waals surface area contributed by atoms with Crippen molar-refractivity contribution in [2.45, 2.75) is 37.6 Å². The summed E-state index contributed by atoms with van der Waals surface area (Å²) in [5, 5.41) is 13.7. The van der Waals surface area contributed by atoms with Crippen molar-refractivity contribution in [2.75, 3.05) is 7.11 Å². The van der Waals surface area contributed by atoms with Gasteiger partial charge in [0.05, 0.1) is 30.9 Å². The molecule has 0 fully saturated rings. The topological polar surface area (TPSA) is 114 Å². The molecule has 0 bridgehead atoms. The summed E-state index contributed by atoms with van der Waals surface area (Å²) in [6, 6.07) is 11.5. The highest BCUT2D eigenvalue weighted by atomic mass is 79.9. The second-order valence-corrected chi connectivity index (χ2v) is 10.9. The molecule has 3 rings (SSSR count). The van der Waals surface area contributed by atoms with E-state index in [0.29, 0.717) is 16.6 Å². The maximum absolute atomic E-state index is 13.1. The molecule has 0 unspecified atom stereocenters. The van der Waals surface area contributed by atoms with E-state index >= 15 is 0 Å². The van der Waals surface area contributed by atoms with E-state index in [2.05, 4.69) is 25.8 Å². The van der Waals surface area contributed by atoms with E-state index in [1.54, 1.807) is 35.3 Å². The fourth-order valence-corrected chi connectivity index (χ4v) is 4.80. The number of halogens is 1. The summed E-state index contributed by atoms with van der Waals surface area (Å²) >= 11 is 3.40. The van der Waals surface area contributed by atoms with Crippen LogP contribution < -0.4 is 9.46 Å². The highest BCUT2D eigenvalue weighted by molar-refractivity contribution is 9.10. The zero-order valence-electron chi connectivity index (χ0n) is 18.6. The summed E-state index contributed by atoms with van der Waals surface area (Å²) in [5.41, 5.74) is 1.14. The molecule has 0 aliphatic carbocycles. The lowest BCUT2D eigenvalue weighted by Crippen LogP contribution is -2.31. The first-order chi connectivity index (χ1) is 15.5. The van der Waals surface area contributed by atoms with Crippen LogP contribution in [0, 0.1) is 11.3 Å². The number of ether oxygens (including phenoxy) is 1. The number of aromatic nitrogens is 2. The average Bonchev–Trinajstić information content (AvgIpc) is 3.26. The molecule has 0 spiro atoms. The lowest BCUT2D eigenvalue weighted by Gasteiger charge is -2.21. The zero-order valence-corrected chi connectivity index (χ0v) is 21.0. The number of nitrogens with zero attached hydrogens (tertiary/aromatic N) is 3. The number of amides is 1. The second-order valence-electron chi connectivity index (χ2n) is 8.35. The molecule has 0 radical (unpaired) electrons. The second kappa shape index (κ2) is 9.37. The minimum atomic E-state index is -4.29. The molecule has 0 aliphatic heterocycles. The van der Waals surface area contributed by atoms with E-state index in [0.717, 1.165) is 5.56 Å². The molecular formula is C23H23BrN4O4S. The number of hydrogen-bond acceptors (Lipinski definition) is 6. The Bertz CT molecular complexity index is 1340. The van der Waals surface area contributed by atoms with Gasteiger partial charge in [-0.1, -0.05) is 42.8 Å². The van der Waals surface area contributed by atoms with Crippen molar-refractivity contribution in [1.29, 1.82) is 5.26 Å². The third-order valence-electron chi connectivity index (χ3n) is 4.99. The van der Waals surface area contributed by atoms with Gasteiger partial charge in [0.1, 0.15) is 10.6 Å². The van der Waals surface area contributed by atoms with Crippen LogP contribution in [0.5, 0.6) is 5.75 Å². The van der Waals surface area contributed by atoms with Gasteiger partial charge < -0.3 is 4.74 Å². The van der Waals surface area contributed by atoms with Crippen LogP contribution in [0.2, 0.25) is 0 Å². The molecule has 1 N–H and O–H groups in total. The number of nitrogens with one attached hydrogen (secondary N) is 1. The quantitative estimate of drug-likeness (QED) is 0.515. The van der Waals surface area contributed by atoms with Gasteiger partial charge in [0, 0.05) is 16.9 Å². The van der Waals surface area contributed by atoms with Gasteiger partial charge in [0.15, 0.2) is 0 Å². The Morgan fingerprint density at radius 2 is 2.00 bits per heavy atom. The summed E-state index contributed by atoms with van der Waals surface area (Å²) in [7, 11) is -2.93. The molecule has 1 amide bonds. The van der Waals surface area contributed by atoms with Crippen molar-refractivity contribution in [3.8, 4) is 11.8 Å². The summed E-state index contributed by atoms with van der Waals surface area (Å²) in [5.74, 6) is -0.805. The Balaban J connectivity index is 1.97. The SMILES string of the molecule is COc1ccc(C(C)(C)C)cc1S(=O)(=O)NC(=O)c1cc(Br)c(Cn2cccn2)cc1C#N. The Kier molecular flexibility index (Phi) is 6.95. The molecule has 8 nitrogen and oxygen atoms in total. The average molecular weight is 531 g/mol. The fourth-order valence-electron chi connectivity index (χ4n) is 3.17. The Morgan fingerprint density at radius 1 is 1.27 bits per heavy atom. The molecule has 1 aromatic heterocycles. The molecule has 33 heavy (non-hydrogen) atoms. The van der Waals surface area contributed by atoms with Gasteiger partial charge in [-0.25, -0.2) is 13.1 Å². The van der Waals surface area contributed by atoms with E-state index in [9.17, 15) is 18.5 Å². The van der Waals surface area contributed by atoms with Gasteiger partial charge in [-0.3, -0.25) is 9.48 Å². The van der Waals surface area contributed by atoms with E-state index in [-0.39, 0.29) is 27.2 Å². The van der Waals surface area contributed by atoms with Crippen LogP contribution in [-0.2, 0) is 22.0 Å². The Labute approximate surface area is 201 Å². The minimum absolute atomic E-state index is 0.0449. The predicted octanol–water partition coefficient (Wildman–Crippen LogP) is 3.99. The number of carbonyl (C=O) groups is 1. The lowest BCUT2D eigenvalue weighted by molar-refractivity contribution is 0.0981. The zero-order chi connectivity index (χ0) is 24.4. The molecule has 1 heterocycles. The van der Waals surface area contributed by atoms with E-state index in [4.69, 9.17) is 4.74 Å². The van der Waals surface area contributed by atoms with Gasteiger partial charge in [0.25, 0.3) is 15.9 Å². The van der Waals surface area contributed by atoms with Crippen molar-refractivity contribution in [1.82, 2.24) is 14.5 Å². The predicted molar refractivity (Wildman–Crippen MR) is 127 cm³/mol. The van der Waals surface area contributed by atoms with Gasteiger partial charge in [0.2, 0.25) is 0 Å². The third kappa shape index (κ3) is 5.43. The first-order valence-corrected chi connectivity index (χ1v) is 12.2. The number of benzene rings is 2. The van der Waals surface area contributed by atoms with Gasteiger partial charge in [-0.15, -0.1) is 0 Å². The normalized spacial score (nSPS) is 11.6. The lowest BCUT2D eigenvalue weighted by atomic mass is 9.87. The summed E-state index contributed by atoms with van der Waals surface area (Å²) in [4.78, 5) is 12.8. The van der Waals surface area contributed by atoms with E-state index in [1.165, 1.54) is 25.3 Å². The molecule has 0 atom stereocenters. The number of rotatable bonds is 6. The molecule has 172 valence electrons. The first-order valence-electron chi connectivity index (χ1n) is 9.92. The monoisotopic (exact) mass is 530 g/mol. The number of carbonyl (C=O) groups excluding carboxylic acids is 1. The van der Waals surface area contributed by atoms with Crippen molar-refractivity contribution >= 4 is 31.9 Å². The number of hydrogen-bond donors (Lipinski definition) is 1. The minimum Gasteiger partial charge on any atom is -0.495 e. The van der Waals surface area contributed by atoms with Crippen molar-refractivity contribution in [2.24, 2.45) is 0 Å². The standard InChI is InChI=1S/C23H23BrN4O4S/c1-23(2,3)17-6-7-20(32-4)21(11-17)33(30,31)27-22(29)18-12-19(24)16(10-15(18)13-25)14-28-9-5-8-26-28/h5-12H,14H2,1-4H3,(H,27,29). The van der Waals surface area contributed by atoms with Crippen molar-refractivity contribution in [3.63, 3.8) is 0 Å². The van der Waals surface area contributed by atoms with Gasteiger partial charge in [-0.05, 0) is 46.9 Å². The molecule has 0 aliphatic rings. The van der Waals surface area contributed by atoms with Crippen LogP contribution in [0.1, 0.15) is 47.8 Å². The fraction of sp³-hybridized carbons (Fsp3) is 0.261. The van der Waals surface area contributed by atoms with Crippen LogP contribution in [0.25, 0.3) is 0 Å². The summed E-state index contributed by atoms with van der Waals surface area (Å²) in [6.45, 7) is 6.22. The van der Waals surface area contributed by atoms with Crippen LogP contribution in [0.15, 0.2) is 58.2 Å². The van der Waals surface area contributed by atoms with Crippen LogP contribution in [0.3, 0.4) is 0 Å². The summed E-state index contributed by atoms with van der Waals surface area (Å²) in [6.07, 6.45) is 3.40. The first kappa shape index (κ1) is 24.5. The molecule has 10 heteroatoms. The maximum Gasteiger partial charge on any atom is 0.268 e. The molecule has 3 aromatic rings. The number of methoxy groups -OCH3 is 1. The highest BCUT2D eigenvalue weighted by Gasteiger charge is 2.27. The number of nitriles is 1.